The lowest BCUT2D eigenvalue weighted by Gasteiger charge is -2.24. The van der Waals surface area contributed by atoms with E-state index in [9.17, 15) is 4.79 Å². The van der Waals surface area contributed by atoms with Gasteiger partial charge in [-0.15, -0.1) is 0 Å². The summed E-state index contributed by atoms with van der Waals surface area (Å²) < 4.78 is 7.80. The highest BCUT2D eigenvalue weighted by Gasteiger charge is 2.14. The summed E-state index contributed by atoms with van der Waals surface area (Å²) in [4.78, 5) is 11.7. The first-order valence-electron chi connectivity index (χ1n) is 4.94. The average molecular weight is 273 g/mol. The second kappa shape index (κ2) is 4.92. The van der Waals surface area contributed by atoms with E-state index in [2.05, 4.69) is 21.2 Å². The van der Waals surface area contributed by atoms with Crippen LogP contribution in [0.2, 0.25) is 0 Å². The van der Waals surface area contributed by atoms with E-state index in [0.717, 1.165) is 13.1 Å². The SMILES string of the molecule is O=c1c(Br)cccn1CC1CNCCO1. The number of hydrogen-bond donors (Lipinski definition) is 1. The largest absolute Gasteiger partial charge is 0.374 e. The number of nitrogens with zero attached hydrogens (tertiary/aromatic N) is 1. The highest BCUT2D eigenvalue weighted by Crippen LogP contribution is 2.03. The summed E-state index contributed by atoms with van der Waals surface area (Å²) in [5.41, 5.74) is -0.00771. The zero-order valence-electron chi connectivity index (χ0n) is 8.28. The third-order valence-electron chi connectivity index (χ3n) is 2.38. The number of morpholine rings is 1. The Hall–Kier alpha value is -0.650. The van der Waals surface area contributed by atoms with Gasteiger partial charge in [-0.3, -0.25) is 4.79 Å². The van der Waals surface area contributed by atoms with E-state index in [1.165, 1.54) is 0 Å². The Labute approximate surface area is 96.4 Å². The van der Waals surface area contributed by atoms with E-state index in [-0.39, 0.29) is 11.7 Å². The molecule has 1 aliphatic heterocycles. The molecule has 2 heterocycles. The minimum atomic E-state index is -0.00771. The van der Waals surface area contributed by atoms with Crippen molar-refractivity contribution < 1.29 is 4.74 Å². The minimum absolute atomic E-state index is 0.00771. The number of halogens is 1. The number of rotatable bonds is 2. The first-order valence-corrected chi connectivity index (χ1v) is 5.74. The van der Waals surface area contributed by atoms with Crippen molar-refractivity contribution in [3.05, 3.63) is 33.2 Å². The van der Waals surface area contributed by atoms with Crippen molar-refractivity contribution in [1.29, 1.82) is 0 Å². The minimum Gasteiger partial charge on any atom is -0.374 e. The van der Waals surface area contributed by atoms with Crippen molar-refractivity contribution in [3.63, 3.8) is 0 Å². The van der Waals surface area contributed by atoms with Crippen LogP contribution in [0.3, 0.4) is 0 Å². The first-order chi connectivity index (χ1) is 7.27. The van der Waals surface area contributed by atoms with Crippen molar-refractivity contribution in [1.82, 2.24) is 9.88 Å². The van der Waals surface area contributed by atoms with Crippen molar-refractivity contribution >= 4 is 15.9 Å². The Kier molecular flexibility index (Phi) is 3.56. The lowest BCUT2D eigenvalue weighted by atomic mass is 10.3. The zero-order valence-corrected chi connectivity index (χ0v) is 9.87. The summed E-state index contributed by atoms with van der Waals surface area (Å²) >= 11 is 3.22. The van der Waals surface area contributed by atoms with Crippen LogP contribution < -0.4 is 10.9 Å². The Balaban J connectivity index is 2.09. The summed E-state index contributed by atoms with van der Waals surface area (Å²) in [5, 5.41) is 3.24. The van der Waals surface area contributed by atoms with E-state index in [4.69, 9.17) is 4.74 Å². The summed E-state index contributed by atoms with van der Waals surface area (Å²) in [6.07, 6.45) is 1.87. The van der Waals surface area contributed by atoms with Gasteiger partial charge in [0.05, 0.1) is 23.7 Å². The molecule has 1 atom stereocenters. The molecule has 0 aromatic carbocycles. The van der Waals surface area contributed by atoms with Gasteiger partial charge in [0.25, 0.3) is 5.56 Å². The lowest BCUT2D eigenvalue weighted by molar-refractivity contribution is 0.0176. The van der Waals surface area contributed by atoms with Gasteiger partial charge in [0.2, 0.25) is 0 Å². The van der Waals surface area contributed by atoms with Gasteiger partial charge in [0.15, 0.2) is 0 Å². The molecule has 15 heavy (non-hydrogen) atoms. The Morgan fingerprint density at radius 3 is 3.27 bits per heavy atom. The monoisotopic (exact) mass is 272 g/mol. The average Bonchev–Trinajstić information content (AvgIpc) is 2.26. The zero-order chi connectivity index (χ0) is 10.7. The Bertz CT molecular complexity index is 385. The highest BCUT2D eigenvalue weighted by atomic mass is 79.9. The van der Waals surface area contributed by atoms with Gasteiger partial charge in [-0.25, -0.2) is 0 Å². The molecule has 0 bridgehead atoms. The van der Waals surface area contributed by atoms with Gasteiger partial charge < -0.3 is 14.6 Å². The van der Waals surface area contributed by atoms with Crippen LogP contribution in [0.25, 0.3) is 0 Å². The van der Waals surface area contributed by atoms with Crippen LogP contribution in [-0.4, -0.2) is 30.4 Å². The van der Waals surface area contributed by atoms with Gasteiger partial charge in [-0.1, -0.05) is 0 Å². The molecule has 1 aromatic heterocycles. The van der Waals surface area contributed by atoms with Crippen LogP contribution in [0.5, 0.6) is 0 Å². The molecule has 0 saturated carbocycles. The maximum atomic E-state index is 11.7. The second-order valence-corrected chi connectivity index (χ2v) is 4.36. The van der Waals surface area contributed by atoms with E-state index in [1.54, 1.807) is 16.8 Å². The Morgan fingerprint density at radius 2 is 2.53 bits per heavy atom. The number of ether oxygens (including phenoxy) is 1. The highest BCUT2D eigenvalue weighted by molar-refractivity contribution is 9.10. The summed E-state index contributed by atoms with van der Waals surface area (Å²) in [6, 6.07) is 3.60. The van der Waals surface area contributed by atoms with Crippen LogP contribution in [-0.2, 0) is 11.3 Å². The van der Waals surface area contributed by atoms with Gasteiger partial charge in [0.1, 0.15) is 0 Å². The molecule has 1 aliphatic rings. The molecular weight excluding hydrogens is 260 g/mol. The molecule has 1 unspecified atom stereocenters. The molecule has 0 aliphatic carbocycles. The fraction of sp³-hybridized carbons (Fsp3) is 0.500. The van der Waals surface area contributed by atoms with E-state index in [1.807, 2.05) is 6.07 Å². The molecule has 5 heteroatoms. The van der Waals surface area contributed by atoms with Gasteiger partial charge in [-0.2, -0.15) is 0 Å². The smallest absolute Gasteiger partial charge is 0.264 e. The van der Waals surface area contributed by atoms with E-state index >= 15 is 0 Å². The van der Waals surface area contributed by atoms with Crippen LogP contribution >= 0.6 is 15.9 Å². The predicted molar refractivity (Wildman–Crippen MR) is 61.0 cm³/mol. The topological polar surface area (TPSA) is 43.3 Å². The first kappa shape index (κ1) is 10.9. The Morgan fingerprint density at radius 1 is 1.67 bits per heavy atom. The molecular formula is C10H13BrN2O2. The van der Waals surface area contributed by atoms with Crippen LogP contribution in [0.1, 0.15) is 0 Å². The standard InChI is InChI=1S/C10H13BrN2O2/c11-9-2-1-4-13(10(9)14)7-8-6-12-3-5-15-8/h1-2,4,8,12H,3,5-7H2. The molecule has 1 fully saturated rings. The third-order valence-corrected chi connectivity index (χ3v) is 2.98. The number of pyridine rings is 1. The van der Waals surface area contributed by atoms with Gasteiger partial charge in [0, 0.05) is 19.3 Å². The van der Waals surface area contributed by atoms with Crippen LogP contribution in [0, 0.1) is 0 Å². The van der Waals surface area contributed by atoms with Gasteiger partial charge >= 0.3 is 0 Å². The van der Waals surface area contributed by atoms with Crippen LogP contribution in [0.4, 0.5) is 0 Å². The number of aromatic nitrogens is 1. The summed E-state index contributed by atoms with van der Waals surface area (Å²) in [6.45, 7) is 3.02. The quantitative estimate of drug-likeness (QED) is 0.858. The van der Waals surface area contributed by atoms with E-state index < -0.39 is 0 Å². The van der Waals surface area contributed by atoms with Crippen molar-refractivity contribution in [2.45, 2.75) is 12.6 Å². The fourth-order valence-electron chi connectivity index (χ4n) is 1.61. The van der Waals surface area contributed by atoms with Crippen LogP contribution in [0.15, 0.2) is 27.6 Å². The molecule has 4 nitrogen and oxygen atoms in total. The van der Waals surface area contributed by atoms with Crippen molar-refractivity contribution in [2.75, 3.05) is 19.7 Å². The van der Waals surface area contributed by atoms with Crippen molar-refractivity contribution in [2.24, 2.45) is 0 Å². The molecule has 0 amide bonds. The number of nitrogens with one attached hydrogen (secondary N) is 1. The third kappa shape index (κ3) is 2.68. The maximum Gasteiger partial charge on any atom is 0.264 e. The molecule has 2 rings (SSSR count). The molecule has 1 N–H and O–H groups in total. The molecule has 82 valence electrons. The normalized spacial score (nSPS) is 21.5. The molecule has 1 saturated heterocycles. The predicted octanol–water partition coefficient (Wildman–Crippen LogP) is 0.599. The molecule has 0 radical (unpaired) electrons. The van der Waals surface area contributed by atoms with Crippen molar-refractivity contribution in [3.8, 4) is 0 Å². The second-order valence-electron chi connectivity index (χ2n) is 3.51. The number of hydrogen-bond acceptors (Lipinski definition) is 3. The van der Waals surface area contributed by atoms with E-state index in [0.29, 0.717) is 17.6 Å². The maximum absolute atomic E-state index is 11.7. The summed E-state index contributed by atoms with van der Waals surface area (Å²) in [5.74, 6) is 0. The molecule has 1 aromatic rings. The summed E-state index contributed by atoms with van der Waals surface area (Å²) in [7, 11) is 0. The fourth-order valence-corrected chi connectivity index (χ4v) is 1.99. The van der Waals surface area contributed by atoms with Gasteiger partial charge in [-0.05, 0) is 28.1 Å². The molecule has 0 spiro atoms. The lowest BCUT2D eigenvalue weighted by Crippen LogP contribution is -2.42.